The Hall–Kier alpha value is -3.15. The number of carboxylic acid groups (broad SMARTS) is 1. The molecule has 1 heterocycles. The molecule has 6 nitrogen and oxygen atoms in total. The normalized spacial score (nSPS) is 10.7. The van der Waals surface area contributed by atoms with Crippen molar-refractivity contribution in [1.82, 2.24) is 15.0 Å². The molecule has 0 aliphatic heterocycles. The zero-order valence-corrected chi connectivity index (χ0v) is 12.6. The number of hydrogen-bond donors (Lipinski definition) is 2. The van der Waals surface area contributed by atoms with Gasteiger partial charge in [0.05, 0.1) is 5.69 Å². The predicted octanol–water partition coefficient (Wildman–Crippen LogP) is 2.78. The van der Waals surface area contributed by atoms with Crippen LogP contribution in [-0.4, -0.2) is 26.1 Å². The van der Waals surface area contributed by atoms with Crippen LogP contribution in [0.25, 0.3) is 16.9 Å². The molecule has 0 bridgehead atoms. The van der Waals surface area contributed by atoms with Gasteiger partial charge in [0.25, 0.3) is 0 Å². The van der Waals surface area contributed by atoms with Crippen LogP contribution in [0.3, 0.4) is 0 Å². The van der Waals surface area contributed by atoms with E-state index in [9.17, 15) is 9.90 Å². The van der Waals surface area contributed by atoms with Crippen molar-refractivity contribution in [3.63, 3.8) is 0 Å². The van der Waals surface area contributed by atoms with Crippen molar-refractivity contribution >= 4 is 11.7 Å². The molecule has 3 aromatic rings. The Balaban J connectivity index is 2.29. The molecule has 3 rings (SSSR count). The highest BCUT2D eigenvalue weighted by Crippen LogP contribution is 2.28. The average molecular weight is 308 g/mol. The fourth-order valence-corrected chi connectivity index (χ4v) is 2.56. The SMILES string of the molecule is CCc1ccccc1-n1nnc(C(=O)O)c1-c1cccc(N)c1. The Kier molecular flexibility index (Phi) is 3.80. The van der Waals surface area contributed by atoms with E-state index in [2.05, 4.69) is 10.3 Å². The van der Waals surface area contributed by atoms with E-state index in [1.807, 2.05) is 31.2 Å². The van der Waals surface area contributed by atoms with Gasteiger partial charge in [0, 0.05) is 11.3 Å². The molecule has 0 unspecified atom stereocenters. The maximum atomic E-state index is 11.5. The highest BCUT2D eigenvalue weighted by molar-refractivity contribution is 5.93. The quantitative estimate of drug-likeness (QED) is 0.723. The Labute approximate surface area is 133 Å². The van der Waals surface area contributed by atoms with Crippen molar-refractivity contribution in [3.05, 3.63) is 59.8 Å². The van der Waals surface area contributed by atoms with Crippen LogP contribution in [-0.2, 0) is 6.42 Å². The van der Waals surface area contributed by atoms with E-state index in [4.69, 9.17) is 5.73 Å². The number of carboxylic acids is 1. The minimum absolute atomic E-state index is 0.0958. The summed E-state index contributed by atoms with van der Waals surface area (Å²) in [5.74, 6) is -1.12. The lowest BCUT2D eigenvalue weighted by Gasteiger charge is -2.11. The van der Waals surface area contributed by atoms with Gasteiger partial charge in [-0.15, -0.1) is 5.10 Å². The van der Waals surface area contributed by atoms with Crippen LogP contribution in [0, 0.1) is 0 Å². The van der Waals surface area contributed by atoms with E-state index < -0.39 is 5.97 Å². The lowest BCUT2D eigenvalue weighted by atomic mass is 10.1. The molecule has 0 amide bonds. The van der Waals surface area contributed by atoms with E-state index in [1.165, 1.54) is 0 Å². The van der Waals surface area contributed by atoms with Crippen molar-refractivity contribution in [2.75, 3.05) is 5.73 Å². The van der Waals surface area contributed by atoms with Gasteiger partial charge in [-0.1, -0.05) is 42.5 Å². The first kappa shape index (κ1) is 14.8. The van der Waals surface area contributed by atoms with Crippen LogP contribution in [0.1, 0.15) is 23.0 Å². The van der Waals surface area contributed by atoms with Gasteiger partial charge in [-0.25, -0.2) is 9.48 Å². The number of para-hydroxylation sites is 1. The third-order valence-corrected chi connectivity index (χ3v) is 3.63. The summed E-state index contributed by atoms with van der Waals surface area (Å²) in [6.07, 6.45) is 0.800. The molecular weight excluding hydrogens is 292 g/mol. The number of aryl methyl sites for hydroxylation is 1. The lowest BCUT2D eigenvalue weighted by Crippen LogP contribution is -2.05. The van der Waals surface area contributed by atoms with Gasteiger partial charge >= 0.3 is 5.97 Å². The van der Waals surface area contributed by atoms with Crippen molar-refractivity contribution in [1.29, 1.82) is 0 Å². The predicted molar refractivity (Wildman–Crippen MR) is 87.5 cm³/mol. The van der Waals surface area contributed by atoms with Gasteiger partial charge in [0.1, 0.15) is 5.69 Å². The zero-order valence-electron chi connectivity index (χ0n) is 12.6. The van der Waals surface area contributed by atoms with E-state index >= 15 is 0 Å². The third kappa shape index (κ3) is 2.66. The van der Waals surface area contributed by atoms with Crippen LogP contribution < -0.4 is 5.73 Å². The molecule has 0 atom stereocenters. The Morgan fingerprint density at radius 2 is 2.00 bits per heavy atom. The Morgan fingerprint density at radius 1 is 1.22 bits per heavy atom. The number of aromatic carboxylic acids is 1. The van der Waals surface area contributed by atoms with E-state index in [1.54, 1.807) is 28.9 Å². The number of nitrogen functional groups attached to an aromatic ring is 1. The maximum Gasteiger partial charge on any atom is 0.358 e. The minimum Gasteiger partial charge on any atom is -0.476 e. The van der Waals surface area contributed by atoms with E-state index in [-0.39, 0.29) is 5.69 Å². The zero-order chi connectivity index (χ0) is 16.4. The van der Waals surface area contributed by atoms with Gasteiger partial charge < -0.3 is 10.8 Å². The number of nitrogens with zero attached hydrogens (tertiary/aromatic N) is 3. The topological polar surface area (TPSA) is 94.0 Å². The monoisotopic (exact) mass is 308 g/mol. The molecule has 3 N–H and O–H groups in total. The number of anilines is 1. The first-order chi connectivity index (χ1) is 11.1. The fraction of sp³-hybridized carbons (Fsp3) is 0.118. The van der Waals surface area contributed by atoms with Crippen LogP contribution in [0.15, 0.2) is 48.5 Å². The molecule has 2 aromatic carbocycles. The number of nitrogens with two attached hydrogens (primary N) is 1. The largest absolute Gasteiger partial charge is 0.476 e. The molecule has 6 heteroatoms. The van der Waals surface area contributed by atoms with Gasteiger partial charge in [-0.2, -0.15) is 0 Å². The summed E-state index contributed by atoms with van der Waals surface area (Å²) in [5.41, 5.74) is 9.25. The van der Waals surface area contributed by atoms with Crippen LogP contribution in [0.2, 0.25) is 0 Å². The van der Waals surface area contributed by atoms with Crippen molar-refractivity contribution < 1.29 is 9.90 Å². The second kappa shape index (κ2) is 5.92. The average Bonchev–Trinajstić information content (AvgIpc) is 2.99. The van der Waals surface area contributed by atoms with E-state index in [0.29, 0.717) is 16.9 Å². The summed E-state index contributed by atoms with van der Waals surface area (Å²) in [4.78, 5) is 11.5. The molecule has 0 spiro atoms. The van der Waals surface area contributed by atoms with Crippen LogP contribution in [0.4, 0.5) is 5.69 Å². The van der Waals surface area contributed by atoms with Gasteiger partial charge in [-0.3, -0.25) is 0 Å². The van der Waals surface area contributed by atoms with E-state index in [0.717, 1.165) is 17.7 Å². The lowest BCUT2D eigenvalue weighted by molar-refractivity contribution is 0.0691. The second-order valence-electron chi connectivity index (χ2n) is 5.11. The molecular formula is C17H16N4O2. The standard InChI is InChI=1S/C17H16N4O2/c1-2-11-6-3-4-9-14(11)21-16(15(17(22)23)19-20-21)12-7-5-8-13(18)10-12/h3-10H,2,18H2,1H3,(H,22,23). The minimum atomic E-state index is -1.12. The number of rotatable bonds is 4. The maximum absolute atomic E-state index is 11.5. The summed E-state index contributed by atoms with van der Waals surface area (Å²) in [7, 11) is 0. The molecule has 0 aliphatic carbocycles. The van der Waals surface area contributed by atoms with Gasteiger partial charge in [0.15, 0.2) is 5.69 Å². The summed E-state index contributed by atoms with van der Waals surface area (Å²) in [6, 6.07) is 14.8. The molecule has 23 heavy (non-hydrogen) atoms. The van der Waals surface area contributed by atoms with Crippen LogP contribution >= 0.6 is 0 Å². The molecule has 0 saturated heterocycles. The molecule has 0 radical (unpaired) electrons. The first-order valence-corrected chi connectivity index (χ1v) is 7.25. The number of hydrogen-bond acceptors (Lipinski definition) is 4. The van der Waals surface area contributed by atoms with Gasteiger partial charge in [0.2, 0.25) is 0 Å². The molecule has 0 aliphatic rings. The second-order valence-corrected chi connectivity index (χ2v) is 5.11. The first-order valence-electron chi connectivity index (χ1n) is 7.25. The summed E-state index contributed by atoms with van der Waals surface area (Å²) < 4.78 is 1.57. The molecule has 0 saturated carbocycles. The fourth-order valence-electron chi connectivity index (χ4n) is 2.56. The Bertz CT molecular complexity index is 871. The van der Waals surface area contributed by atoms with Crippen molar-refractivity contribution in [3.8, 4) is 16.9 Å². The van der Waals surface area contributed by atoms with Gasteiger partial charge in [-0.05, 0) is 30.2 Å². The highest BCUT2D eigenvalue weighted by Gasteiger charge is 2.22. The molecule has 116 valence electrons. The summed E-state index contributed by atoms with van der Waals surface area (Å²) in [6.45, 7) is 2.04. The van der Waals surface area contributed by atoms with Crippen molar-refractivity contribution in [2.24, 2.45) is 0 Å². The smallest absolute Gasteiger partial charge is 0.358 e. The molecule has 1 aromatic heterocycles. The molecule has 0 fully saturated rings. The number of benzene rings is 2. The number of carbonyl (C=O) groups is 1. The summed E-state index contributed by atoms with van der Waals surface area (Å²) in [5, 5.41) is 17.3. The number of aromatic nitrogens is 3. The summed E-state index contributed by atoms with van der Waals surface area (Å²) >= 11 is 0. The van der Waals surface area contributed by atoms with Crippen molar-refractivity contribution in [2.45, 2.75) is 13.3 Å². The third-order valence-electron chi connectivity index (χ3n) is 3.63. The van der Waals surface area contributed by atoms with Crippen LogP contribution in [0.5, 0.6) is 0 Å². The highest BCUT2D eigenvalue weighted by atomic mass is 16.4. The Morgan fingerprint density at radius 3 is 2.70 bits per heavy atom.